The second-order valence-corrected chi connectivity index (χ2v) is 9.18. The molecule has 4 rings (SSSR count). The van der Waals surface area contributed by atoms with Gasteiger partial charge in [0, 0.05) is 17.1 Å². The molecule has 2 N–H and O–H groups in total. The highest BCUT2D eigenvalue weighted by Gasteiger charge is 2.40. The summed E-state index contributed by atoms with van der Waals surface area (Å²) in [5.41, 5.74) is 0.0695. The van der Waals surface area contributed by atoms with Crippen molar-refractivity contribution in [2.24, 2.45) is 4.99 Å². The molecule has 0 radical (unpaired) electrons. The smallest absolute Gasteiger partial charge is 0.264 e. The Labute approximate surface area is 180 Å². The molecule has 0 amide bonds. The maximum absolute atomic E-state index is 12.9. The van der Waals surface area contributed by atoms with Crippen molar-refractivity contribution in [3.8, 4) is 0 Å². The minimum atomic E-state index is -3.88. The van der Waals surface area contributed by atoms with E-state index >= 15 is 0 Å². The Hall–Kier alpha value is -2.87. The molecule has 0 saturated heterocycles. The summed E-state index contributed by atoms with van der Waals surface area (Å²) >= 11 is 5.99. The van der Waals surface area contributed by atoms with Crippen LogP contribution in [0.1, 0.15) is 5.56 Å². The van der Waals surface area contributed by atoms with E-state index in [1.165, 1.54) is 12.1 Å². The van der Waals surface area contributed by atoms with Crippen LogP contribution in [0.25, 0.3) is 0 Å². The van der Waals surface area contributed by atoms with Gasteiger partial charge in [-0.2, -0.15) is 0 Å². The highest BCUT2D eigenvalue weighted by molar-refractivity contribution is 7.90. The largest absolute Gasteiger partial charge is 0.367 e. The van der Waals surface area contributed by atoms with E-state index in [1.54, 1.807) is 47.4 Å². The highest BCUT2D eigenvalue weighted by atomic mass is 35.5. The van der Waals surface area contributed by atoms with Gasteiger partial charge in [0.25, 0.3) is 10.0 Å². The lowest BCUT2D eigenvalue weighted by molar-refractivity contribution is 0.0676. The Bertz CT molecular complexity index is 1150. The molecule has 6 nitrogen and oxygen atoms in total. The van der Waals surface area contributed by atoms with Crippen LogP contribution in [-0.4, -0.2) is 31.8 Å². The quantitative estimate of drug-likeness (QED) is 0.635. The Morgan fingerprint density at radius 1 is 0.967 bits per heavy atom. The average molecular weight is 442 g/mol. The third-order valence-electron chi connectivity index (χ3n) is 4.73. The van der Waals surface area contributed by atoms with Gasteiger partial charge in [-0.1, -0.05) is 60.1 Å². The minimum Gasteiger partial charge on any atom is -0.367 e. The molecule has 1 aliphatic heterocycles. The predicted octanol–water partition coefficient (Wildman–Crippen LogP) is 3.43. The van der Waals surface area contributed by atoms with E-state index in [0.29, 0.717) is 10.7 Å². The fraction of sp³-hybridized carbons (Fsp3) is 0.136. The zero-order chi connectivity index (χ0) is 21.2. The first-order valence-electron chi connectivity index (χ1n) is 9.32. The molecular weight excluding hydrogens is 422 g/mol. The van der Waals surface area contributed by atoms with Gasteiger partial charge in [-0.05, 0) is 42.0 Å². The van der Waals surface area contributed by atoms with Gasteiger partial charge in [-0.15, -0.1) is 0 Å². The van der Waals surface area contributed by atoms with E-state index in [4.69, 9.17) is 11.6 Å². The van der Waals surface area contributed by atoms with Crippen LogP contribution in [0.3, 0.4) is 0 Å². The zero-order valence-electron chi connectivity index (χ0n) is 15.9. The topological polar surface area (TPSA) is 82.0 Å². The van der Waals surface area contributed by atoms with Crippen molar-refractivity contribution in [3.63, 3.8) is 0 Å². The summed E-state index contributed by atoms with van der Waals surface area (Å²) in [6.07, 6.45) is 0.245. The van der Waals surface area contributed by atoms with Crippen molar-refractivity contribution in [2.45, 2.75) is 17.0 Å². The Morgan fingerprint density at radius 3 is 2.20 bits per heavy atom. The Balaban J connectivity index is 1.69. The van der Waals surface area contributed by atoms with Crippen LogP contribution in [-0.2, 0) is 16.4 Å². The number of anilines is 1. The number of hydrogen-bond donors (Lipinski definition) is 2. The molecule has 1 heterocycles. The molecule has 1 unspecified atom stereocenters. The molecule has 1 atom stereocenters. The number of aliphatic hydroxyl groups is 1. The average Bonchev–Trinajstić information content (AvgIpc) is 3.05. The first-order chi connectivity index (χ1) is 14.3. The van der Waals surface area contributed by atoms with Crippen molar-refractivity contribution in [1.29, 1.82) is 0 Å². The number of β-amino-alcohol motifs (C(OH)–C–C–N with tert-alkyl or cyclic N) is 1. The van der Waals surface area contributed by atoms with Crippen LogP contribution in [0.4, 0.5) is 5.69 Å². The lowest BCUT2D eigenvalue weighted by atomic mass is 10.0. The van der Waals surface area contributed by atoms with Gasteiger partial charge in [-0.25, -0.2) is 18.1 Å². The molecular formula is C22H20ClN3O3S. The summed E-state index contributed by atoms with van der Waals surface area (Å²) in [7, 11) is -3.88. The van der Waals surface area contributed by atoms with Crippen molar-refractivity contribution in [1.82, 2.24) is 4.72 Å². The van der Waals surface area contributed by atoms with E-state index in [1.807, 2.05) is 30.3 Å². The second kappa shape index (κ2) is 8.10. The summed E-state index contributed by atoms with van der Waals surface area (Å²) in [6.45, 7) is 0.0934. The molecule has 0 bridgehead atoms. The summed E-state index contributed by atoms with van der Waals surface area (Å²) in [4.78, 5) is 6.13. The molecule has 0 aliphatic carbocycles. The van der Waals surface area contributed by atoms with Crippen molar-refractivity contribution in [3.05, 3.63) is 95.5 Å². The maximum atomic E-state index is 12.9. The maximum Gasteiger partial charge on any atom is 0.264 e. The number of nitrogens with zero attached hydrogens (tertiary/aromatic N) is 2. The summed E-state index contributed by atoms with van der Waals surface area (Å²) in [6, 6.07) is 24.4. The van der Waals surface area contributed by atoms with Gasteiger partial charge in [0.05, 0.1) is 11.4 Å². The van der Waals surface area contributed by atoms with E-state index in [-0.39, 0.29) is 23.8 Å². The van der Waals surface area contributed by atoms with Gasteiger partial charge in [0.15, 0.2) is 5.72 Å². The molecule has 154 valence electrons. The third kappa shape index (κ3) is 4.48. The van der Waals surface area contributed by atoms with E-state index < -0.39 is 15.7 Å². The van der Waals surface area contributed by atoms with Gasteiger partial charge in [-0.3, -0.25) is 0 Å². The molecule has 30 heavy (non-hydrogen) atoms. The number of benzene rings is 3. The molecule has 0 fully saturated rings. The lowest BCUT2D eigenvalue weighted by Gasteiger charge is -2.24. The molecule has 3 aromatic rings. The molecule has 1 aliphatic rings. The number of sulfonamides is 1. The summed E-state index contributed by atoms with van der Waals surface area (Å²) < 4.78 is 28.3. The predicted molar refractivity (Wildman–Crippen MR) is 118 cm³/mol. The van der Waals surface area contributed by atoms with Crippen LogP contribution >= 0.6 is 11.6 Å². The van der Waals surface area contributed by atoms with Gasteiger partial charge >= 0.3 is 0 Å². The third-order valence-corrected chi connectivity index (χ3v) is 6.32. The minimum absolute atomic E-state index is 0.0552. The molecule has 0 aromatic heterocycles. The number of aliphatic imine (C=N–C) groups is 1. The highest BCUT2D eigenvalue weighted by Crippen LogP contribution is 2.29. The Kier molecular flexibility index (Phi) is 5.51. The number of hydrogen-bond acceptors (Lipinski definition) is 5. The van der Waals surface area contributed by atoms with Gasteiger partial charge in [0.1, 0.15) is 0 Å². The van der Waals surface area contributed by atoms with Crippen molar-refractivity contribution < 1.29 is 13.5 Å². The normalized spacial score (nSPS) is 18.9. The second-order valence-electron chi connectivity index (χ2n) is 7.06. The monoisotopic (exact) mass is 441 g/mol. The summed E-state index contributed by atoms with van der Waals surface area (Å²) in [5.74, 6) is 0.0552. The number of rotatable bonds is 5. The summed E-state index contributed by atoms with van der Waals surface area (Å²) in [5, 5.41) is 11.7. The fourth-order valence-electron chi connectivity index (χ4n) is 3.33. The number of guanidine groups is 1. The van der Waals surface area contributed by atoms with Crippen LogP contribution in [0.15, 0.2) is 94.8 Å². The van der Waals surface area contributed by atoms with Crippen LogP contribution in [0.5, 0.6) is 0 Å². The first-order valence-corrected chi connectivity index (χ1v) is 11.2. The number of halogens is 1. The van der Waals surface area contributed by atoms with Gasteiger partial charge in [0.2, 0.25) is 5.96 Å². The molecule has 8 heteroatoms. The number of nitrogens with one attached hydrogen (secondary N) is 1. The Morgan fingerprint density at radius 2 is 1.57 bits per heavy atom. The van der Waals surface area contributed by atoms with Crippen LogP contribution < -0.4 is 9.62 Å². The standard InChI is InChI=1S/C22H20ClN3O3S/c23-18-11-13-19(14-12-18)26-16-22(27,15-17-7-3-1-4-8-17)24-21(26)25-30(28,29)20-9-5-2-6-10-20/h1-14,27H,15-16H2,(H,24,25). The van der Waals surface area contributed by atoms with Crippen LogP contribution in [0.2, 0.25) is 5.02 Å². The van der Waals surface area contributed by atoms with Crippen molar-refractivity contribution in [2.75, 3.05) is 11.4 Å². The zero-order valence-corrected chi connectivity index (χ0v) is 17.5. The molecule has 3 aromatic carbocycles. The fourth-order valence-corrected chi connectivity index (χ4v) is 4.49. The van der Waals surface area contributed by atoms with E-state index in [2.05, 4.69) is 9.71 Å². The van der Waals surface area contributed by atoms with Crippen LogP contribution in [0, 0.1) is 0 Å². The van der Waals surface area contributed by atoms with E-state index in [9.17, 15) is 13.5 Å². The van der Waals surface area contributed by atoms with Gasteiger partial charge < -0.3 is 10.0 Å². The molecule has 0 saturated carbocycles. The van der Waals surface area contributed by atoms with E-state index in [0.717, 1.165) is 5.56 Å². The first kappa shape index (κ1) is 20.4. The lowest BCUT2D eigenvalue weighted by Crippen LogP contribution is -2.43. The SMILES string of the molecule is O=S(=O)(NC1=NC(O)(Cc2ccccc2)CN1c1ccc(Cl)cc1)c1ccccc1. The van der Waals surface area contributed by atoms with Crippen molar-refractivity contribution >= 4 is 33.3 Å². The molecule has 0 spiro atoms.